The van der Waals surface area contributed by atoms with Gasteiger partial charge in [0.1, 0.15) is 5.65 Å². The molecule has 0 radical (unpaired) electrons. The molecule has 2 amide bonds. The molecule has 2 aromatic rings. The van der Waals surface area contributed by atoms with Crippen LogP contribution in [0.3, 0.4) is 0 Å². The van der Waals surface area contributed by atoms with Crippen LogP contribution in [0.4, 0.5) is 4.79 Å². The summed E-state index contributed by atoms with van der Waals surface area (Å²) in [5.41, 5.74) is 1.87. The number of urea groups is 1. The number of aromatic nitrogens is 2. The Morgan fingerprint density at radius 3 is 3.10 bits per heavy atom. The van der Waals surface area contributed by atoms with Crippen molar-refractivity contribution in [2.45, 2.75) is 32.2 Å². The molecule has 2 heterocycles. The van der Waals surface area contributed by atoms with Crippen LogP contribution in [-0.2, 0) is 6.42 Å². The molecule has 0 aliphatic rings. The van der Waals surface area contributed by atoms with Gasteiger partial charge in [0.2, 0.25) is 0 Å². The monoisotopic (exact) mass is 290 g/mol. The van der Waals surface area contributed by atoms with Gasteiger partial charge in [-0.15, -0.1) is 0 Å². The minimum Gasteiger partial charge on any atom is -0.396 e. The molecule has 0 saturated heterocycles. The van der Waals surface area contributed by atoms with E-state index in [9.17, 15) is 4.79 Å². The van der Waals surface area contributed by atoms with Gasteiger partial charge in [0.25, 0.3) is 0 Å². The van der Waals surface area contributed by atoms with Gasteiger partial charge >= 0.3 is 6.03 Å². The molecule has 3 N–H and O–H groups in total. The third-order valence-electron chi connectivity index (χ3n) is 3.25. The van der Waals surface area contributed by atoms with Crippen molar-refractivity contribution in [2.24, 2.45) is 0 Å². The van der Waals surface area contributed by atoms with E-state index in [2.05, 4.69) is 15.6 Å². The molecule has 6 nitrogen and oxygen atoms in total. The van der Waals surface area contributed by atoms with Crippen molar-refractivity contribution in [1.82, 2.24) is 20.0 Å². The molecule has 114 valence electrons. The maximum Gasteiger partial charge on any atom is 0.315 e. The molecule has 0 aliphatic heterocycles. The quantitative estimate of drug-likeness (QED) is 0.720. The lowest BCUT2D eigenvalue weighted by Gasteiger charge is -2.13. The fourth-order valence-corrected chi connectivity index (χ4v) is 2.16. The summed E-state index contributed by atoms with van der Waals surface area (Å²) in [7, 11) is 0. The van der Waals surface area contributed by atoms with Gasteiger partial charge in [-0.2, -0.15) is 0 Å². The van der Waals surface area contributed by atoms with Crippen molar-refractivity contribution < 1.29 is 9.90 Å². The van der Waals surface area contributed by atoms with E-state index in [-0.39, 0.29) is 18.7 Å². The van der Waals surface area contributed by atoms with E-state index in [4.69, 9.17) is 5.11 Å². The number of aliphatic hydroxyl groups excluding tert-OH is 1. The molecular formula is C15H22N4O2. The number of rotatable bonds is 7. The van der Waals surface area contributed by atoms with Crippen LogP contribution < -0.4 is 10.6 Å². The van der Waals surface area contributed by atoms with Gasteiger partial charge in [-0.1, -0.05) is 6.07 Å². The highest BCUT2D eigenvalue weighted by Gasteiger charge is 2.07. The Balaban J connectivity index is 1.72. The number of fused-ring (bicyclic) bond motifs is 1. The Kier molecular flexibility index (Phi) is 5.57. The van der Waals surface area contributed by atoms with E-state index >= 15 is 0 Å². The van der Waals surface area contributed by atoms with E-state index in [1.54, 1.807) is 0 Å². The Labute approximate surface area is 124 Å². The van der Waals surface area contributed by atoms with Crippen LogP contribution in [0.15, 0.2) is 30.6 Å². The molecule has 0 aliphatic carbocycles. The number of pyridine rings is 1. The fraction of sp³-hybridized carbons (Fsp3) is 0.467. The van der Waals surface area contributed by atoms with E-state index in [0.717, 1.165) is 17.8 Å². The molecule has 2 aromatic heterocycles. The van der Waals surface area contributed by atoms with Crippen LogP contribution in [0, 0.1) is 0 Å². The van der Waals surface area contributed by atoms with Crippen LogP contribution in [0.5, 0.6) is 0 Å². The first-order valence-corrected chi connectivity index (χ1v) is 7.27. The zero-order valence-corrected chi connectivity index (χ0v) is 12.2. The van der Waals surface area contributed by atoms with Crippen LogP contribution in [0.2, 0.25) is 0 Å². The standard InChI is InChI=1S/C15H22N4O2/c1-12(5-4-10-20)17-15(21)16-8-7-13-11-19-9-3-2-6-14(19)18-13/h2-3,6,9,11-12,20H,4-5,7-8,10H2,1H3,(H2,16,17,21). The molecule has 0 aromatic carbocycles. The molecule has 6 heteroatoms. The predicted molar refractivity (Wildman–Crippen MR) is 81.2 cm³/mol. The summed E-state index contributed by atoms with van der Waals surface area (Å²) in [5, 5.41) is 14.4. The van der Waals surface area contributed by atoms with Gasteiger partial charge < -0.3 is 20.1 Å². The van der Waals surface area contributed by atoms with E-state index < -0.39 is 0 Å². The number of nitrogens with zero attached hydrogens (tertiary/aromatic N) is 2. The van der Waals surface area contributed by atoms with Crippen molar-refractivity contribution >= 4 is 11.7 Å². The van der Waals surface area contributed by atoms with Crippen LogP contribution in [-0.4, -0.2) is 39.7 Å². The van der Waals surface area contributed by atoms with E-state index in [0.29, 0.717) is 19.4 Å². The average molecular weight is 290 g/mol. The molecule has 0 bridgehead atoms. The minimum atomic E-state index is -0.177. The van der Waals surface area contributed by atoms with Crippen molar-refractivity contribution in [3.05, 3.63) is 36.3 Å². The second kappa shape index (κ2) is 7.64. The molecule has 0 fully saturated rings. The fourth-order valence-electron chi connectivity index (χ4n) is 2.16. The van der Waals surface area contributed by atoms with Gasteiger partial charge in [0.05, 0.1) is 5.69 Å². The lowest BCUT2D eigenvalue weighted by Crippen LogP contribution is -2.41. The Morgan fingerprint density at radius 1 is 1.48 bits per heavy atom. The highest BCUT2D eigenvalue weighted by molar-refractivity contribution is 5.74. The summed E-state index contributed by atoms with van der Waals surface area (Å²) in [6.07, 6.45) is 6.09. The van der Waals surface area contributed by atoms with Crippen LogP contribution in [0.25, 0.3) is 5.65 Å². The summed E-state index contributed by atoms with van der Waals surface area (Å²) in [6.45, 7) is 2.63. The highest BCUT2D eigenvalue weighted by Crippen LogP contribution is 2.04. The van der Waals surface area contributed by atoms with Crippen LogP contribution >= 0.6 is 0 Å². The van der Waals surface area contributed by atoms with Crippen LogP contribution in [0.1, 0.15) is 25.5 Å². The van der Waals surface area contributed by atoms with Gasteiger partial charge in [0.15, 0.2) is 0 Å². The number of hydrogen-bond donors (Lipinski definition) is 3. The zero-order valence-electron chi connectivity index (χ0n) is 12.2. The topological polar surface area (TPSA) is 78.7 Å². The molecule has 1 unspecified atom stereocenters. The summed E-state index contributed by atoms with van der Waals surface area (Å²) in [6, 6.07) is 5.74. The zero-order chi connectivity index (χ0) is 15.1. The molecule has 0 saturated carbocycles. The number of aliphatic hydroxyl groups is 1. The third-order valence-corrected chi connectivity index (χ3v) is 3.25. The first-order chi connectivity index (χ1) is 10.2. The van der Waals surface area contributed by atoms with Gasteiger partial charge in [-0.25, -0.2) is 9.78 Å². The third kappa shape index (κ3) is 4.75. The average Bonchev–Trinajstić information content (AvgIpc) is 2.87. The van der Waals surface area contributed by atoms with Crippen molar-refractivity contribution in [3.63, 3.8) is 0 Å². The lowest BCUT2D eigenvalue weighted by atomic mass is 10.2. The first-order valence-electron chi connectivity index (χ1n) is 7.27. The number of amides is 2. The SMILES string of the molecule is CC(CCCO)NC(=O)NCCc1cn2ccccc2n1. The van der Waals surface area contributed by atoms with E-state index in [1.807, 2.05) is 41.9 Å². The first kappa shape index (κ1) is 15.3. The molecular weight excluding hydrogens is 268 g/mol. The summed E-state index contributed by atoms with van der Waals surface area (Å²) in [4.78, 5) is 16.1. The Hall–Kier alpha value is -2.08. The normalized spacial score (nSPS) is 12.3. The minimum absolute atomic E-state index is 0.0624. The van der Waals surface area contributed by atoms with Crippen molar-refractivity contribution in [1.29, 1.82) is 0 Å². The summed E-state index contributed by atoms with van der Waals surface area (Å²) in [5.74, 6) is 0. The largest absolute Gasteiger partial charge is 0.396 e. The number of imidazole rings is 1. The summed E-state index contributed by atoms with van der Waals surface area (Å²) < 4.78 is 1.96. The Bertz CT molecular complexity index is 549. The highest BCUT2D eigenvalue weighted by atomic mass is 16.3. The second-order valence-electron chi connectivity index (χ2n) is 5.12. The number of hydrogen-bond acceptors (Lipinski definition) is 3. The van der Waals surface area contributed by atoms with Gasteiger partial charge in [-0.3, -0.25) is 0 Å². The lowest BCUT2D eigenvalue weighted by molar-refractivity contribution is 0.234. The smallest absolute Gasteiger partial charge is 0.315 e. The number of nitrogens with one attached hydrogen (secondary N) is 2. The van der Waals surface area contributed by atoms with Gasteiger partial charge in [-0.05, 0) is 31.9 Å². The molecule has 0 spiro atoms. The number of carbonyl (C=O) groups excluding carboxylic acids is 1. The molecule has 2 rings (SSSR count). The second-order valence-corrected chi connectivity index (χ2v) is 5.12. The maximum absolute atomic E-state index is 11.7. The van der Waals surface area contributed by atoms with Crippen molar-refractivity contribution in [2.75, 3.05) is 13.2 Å². The van der Waals surface area contributed by atoms with Gasteiger partial charge in [0, 0.05) is 38.0 Å². The van der Waals surface area contributed by atoms with Crippen molar-refractivity contribution in [3.8, 4) is 0 Å². The van der Waals surface area contributed by atoms with E-state index in [1.165, 1.54) is 0 Å². The molecule has 21 heavy (non-hydrogen) atoms. The summed E-state index contributed by atoms with van der Waals surface area (Å²) >= 11 is 0. The maximum atomic E-state index is 11.7. The Morgan fingerprint density at radius 2 is 2.33 bits per heavy atom. The molecule has 1 atom stereocenters. The predicted octanol–water partition coefficient (Wildman–Crippen LogP) is 1.34. The number of carbonyl (C=O) groups is 1.